The van der Waals surface area contributed by atoms with Gasteiger partial charge in [0, 0.05) is 24.2 Å². The van der Waals surface area contributed by atoms with Crippen molar-refractivity contribution in [2.75, 3.05) is 6.54 Å². The predicted molar refractivity (Wildman–Crippen MR) is 97.8 cm³/mol. The highest BCUT2D eigenvalue weighted by Crippen LogP contribution is 2.17. The Kier molecular flexibility index (Phi) is 4.14. The molecule has 0 aliphatic heterocycles. The fraction of sp³-hybridized carbons (Fsp3) is 0.125. The van der Waals surface area contributed by atoms with Crippen molar-refractivity contribution in [1.29, 1.82) is 0 Å². The lowest BCUT2D eigenvalue weighted by atomic mass is 10.2. The lowest BCUT2D eigenvalue weighted by molar-refractivity contribution is 0.0955. The zero-order chi connectivity index (χ0) is 17.4. The van der Waals surface area contributed by atoms with Gasteiger partial charge in [-0.25, -0.2) is 4.98 Å². The quantitative estimate of drug-likeness (QED) is 0.532. The molecule has 4 rings (SSSR count). The summed E-state index contributed by atoms with van der Waals surface area (Å²) in [5.74, 6) is 0.589. The number of carbonyl (C=O) groups is 1. The molecular weight excluding hydrogens is 408 g/mol. The number of halogens is 2. The van der Waals surface area contributed by atoms with Crippen LogP contribution < -0.4 is 5.32 Å². The molecular formula is C16H12BrClN6O. The normalized spacial score (nSPS) is 11.3. The number of nitrogens with one attached hydrogen (secondary N) is 2. The van der Waals surface area contributed by atoms with E-state index in [1.54, 1.807) is 28.8 Å². The van der Waals surface area contributed by atoms with Gasteiger partial charge in [-0.1, -0.05) is 11.6 Å². The van der Waals surface area contributed by atoms with E-state index in [-0.39, 0.29) is 5.91 Å². The number of fused-ring (bicyclic) bond motifs is 2. The molecule has 0 atom stereocenters. The summed E-state index contributed by atoms with van der Waals surface area (Å²) >= 11 is 9.26. The van der Waals surface area contributed by atoms with Crippen molar-refractivity contribution in [3.05, 3.63) is 57.7 Å². The van der Waals surface area contributed by atoms with Crippen molar-refractivity contribution in [2.45, 2.75) is 6.42 Å². The molecule has 0 saturated carbocycles. The van der Waals surface area contributed by atoms with Gasteiger partial charge in [0.1, 0.15) is 5.82 Å². The van der Waals surface area contributed by atoms with Gasteiger partial charge in [-0.05, 0) is 46.3 Å². The summed E-state index contributed by atoms with van der Waals surface area (Å²) < 4.78 is 2.26. The summed E-state index contributed by atoms with van der Waals surface area (Å²) in [6.07, 6.45) is 2.37. The molecule has 4 aromatic rings. The predicted octanol–water partition coefficient (Wildman–Crippen LogP) is 2.99. The second kappa shape index (κ2) is 6.45. The Labute approximate surface area is 155 Å². The van der Waals surface area contributed by atoms with Crippen LogP contribution in [-0.4, -0.2) is 37.0 Å². The third-order valence-corrected chi connectivity index (χ3v) is 4.55. The first kappa shape index (κ1) is 16.0. The molecule has 0 aliphatic rings. The number of carbonyl (C=O) groups excluding carboxylic acids is 1. The van der Waals surface area contributed by atoms with Gasteiger partial charge in [-0.2, -0.15) is 0 Å². The molecule has 0 spiro atoms. The minimum absolute atomic E-state index is 0.204. The van der Waals surface area contributed by atoms with Crippen LogP contribution in [0.15, 0.2) is 41.3 Å². The van der Waals surface area contributed by atoms with E-state index in [2.05, 4.69) is 41.4 Å². The second-order valence-electron chi connectivity index (χ2n) is 5.44. The van der Waals surface area contributed by atoms with E-state index in [0.29, 0.717) is 33.9 Å². The Balaban J connectivity index is 1.46. The highest BCUT2D eigenvalue weighted by Gasteiger charge is 2.14. The Morgan fingerprint density at radius 3 is 3.08 bits per heavy atom. The molecule has 0 radical (unpaired) electrons. The zero-order valence-corrected chi connectivity index (χ0v) is 15.2. The molecule has 7 nitrogen and oxygen atoms in total. The van der Waals surface area contributed by atoms with Crippen molar-refractivity contribution in [2.24, 2.45) is 0 Å². The van der Waals surface area contributed by atoms with Crippen LogP contribution in [0.3, 0.4) is 0 Å². The van der Waals surface area contributed by atoms with Crippen LogP contribution in [-0.2, 0) is 6.42 Å². The van der Waals surface area contributed by atoms with Gasteiger partial charge in [-0.15, -0.1) is 10.2 Å². The van der Waals surface area contributed by atoms with Gasteiger partial charge in [0.2, 0.25) is 4.73 Å². The van der Waals surface area contributed by atoms with Crippen LogP contribution in [0.1, 0.15) is 16.2 Å². The summed E-state index contributed by atoms with van der Waals surface area (Å²) in [7, 11) is 0. The molecule has 0 fully saturated rings. The molecule has 25 heavy (non-hydrogen) atoms. The molecule has 0 saturated heterocycles. The molecule has 0 aliphatic carbocycles. The van der Waals surface area contributed by atoms with Crippen molar-refractivity contribution < 1.29 is 4.79 Å². The van der Waals surface area contributed by atoms with Gasteiger partial charge >= 0.3 is 0 Å². The molecule has 0 bridgehead atoms. The van der Waals surface area contributed by atoms with Gasteiger partial charge in [-0.3, -0.25) is 9.20 Å². The topological polar surface area (TPSA) is 88.0 Å². The second-order valence-corrected chi connectivity index (χ2v) is 6.58. The number of aromatic nitrogens is 5. The van der Waals surface area contributed by atoms with E-state index < -0.39 is 0 Å². The minimum atomic E-state index is -0.204. The summed E-state index contributed by atoms with van der Waals surface area (Å²) in [6.45, 7) is 0.447. The van der Waals surface area contributed by atoms with E-state index in [1.165, 1.54) is 0 Å². The number of nitrogens with zero attached hydrogens (tertiary/aromatic N) is 4. The largest absolute Gasteiger partial charge is 0.351 e. The molecule has 1 amide bonds. The maximum Gasteiger partial charge on any atom is 0.255 e. The zero-order valence-electron chi connectivity index (χ0n) is 12.8. The van der Waals surface area contributed by atoms with Crippen LogP contribution in [0.5, 0.6) is 0 Å². The lowest BCUT2D eigenvalue weighted by Gasteiger charge is -2.05. The Morgan fingerprint density at radius 1 is 1.32 bits per heavy atom. The smallest absolute Gasteiger partial charge is 0.255 e. The van der Waals surface area contributed by atoms with Crippen LogP contribution >= 0.6 is 27.5 Å². The van der Waals surface area contributed by atoms with Gasteiger partial charge in [0.05, 0.1) is 16.6 Å². The van der Waals surface area contributed by atoms with Crippen LogP contribution in [0.25, 0.3) is 16.7 Å². The van der Waals surface area contributed by atoms with Gasteiger partial charge < -0.3 is 10.3 Å². The average molecular weight is 420 g/mol. The van der Waals surface area contributed by atoms with Crippen LogP contribution in [0.4, 0.5) is 0 Å². The number of hydrogen-bond acceptors (Lipinski definition) is 4. The molecule has 3 aromatic heterocycles. The Bertz CT molecular complexity index is 1090. The number of imidazole rings is 1. The average Bonchev–Trinajstić information content (AvgIpc) is 3.17. The maximum atomic E-state index is 12.4. The molecule has 1 aromatic carbocycles. The fourth-order valence-corrected chi connectivity index (χ4v) is 3.15. The first-order valence-electron chi connectivity index (χ1n) is 7.53. The van der Waals surface area contributed by atoms with Crippen LogP contribution in [0, 0.1) is 0 Å². The number of benzene rings is 1. The molecule has 3 heterocycles. The third kappa shape index (κ3) is 3.10. The number of hydrogen-bond donors (Lipinski definition) is 2. The summed E-state index contributed by atoms with van der Waals surface area (Å²) in [6, 6.07) is 8.98. The number of H-pyrrole nitrogens is 1. The van der Waals surface area contributed by atoms with E-state index in [0.717, 1.165) is 16.9 Å². The van der Waals surface area contributed by atoms with E-state index in [9.17, 15) is 4.79 Å². The van der Waals surface area contributed by atoms with Gasteiger partial charge in [0.15, 0.2) is 5.65 Å². The highest BCUT2D eigenvalue weighted by molar-refractivity contribution is 9.10. The molecule has 0 unspecified atom stereocenters. The van der Waals surface area contributed by atoms with Crippen LogP contribution in [0.2, 0.25) is 5.02 Å². The number of rotatable bonds is 4. The monoisotopic (exact) mass is 418 g/mol. The number of aromatic amines is 1. The maximum absolute atomic E-state index is 12.4. The molecule has 126 valence electrons. The third-order valence-electron chi connectivity index (χ3n) is 3.78. The summed E-state index contributed by atoms with van der Waals surface area (Å²) in [5, 5.41) is 11.5. The number of amides is 1. The van der Waals surface area contributed by atoms with Crippen molar-refractivity contribution >= 4 is 50.1 Å². The summed E-state index contributed by atoms with van der Waals surface area (Å²) in [4.78, 5) is 20.1. The Hall–Kier alpha value is -2.45. The van der Waals surface area contributed by atoms with E-state index in [4.69, 9.17) is 11.6 Å². The first-order valence-corrected chi connectivity index (χ1v) is 8.70. The van der Waals surface area contributed by atoms with E-state index in [1.807, 2.05) is 12.1 Å². The standard InChI is InChI=1S/C16H12BrClN6O/c17-16-23-22-14-10(2-1-7-24(14)16)15(25)19-6-5-13-20-11-4-3-9(18)8-12(11)21-13/h1-4,7-8H,5-6H2,(H,19,25)(H,20,21). The fourth-order valence-electron chi connectivity index (χ4n) is 2.61. The van der Waals surface area contributed by atoms with E-state index >= 15 is 0 Å². The summed E-state index contributed by atoms with van der Waals surface area (Å²) in [5.41, 5.74) is 2.71. The van der Waals surface area contributed by atoms with Crippen molar-refractivity contribution in [3.63, 3.8) is 0 Å². The number of pyridine rings is 1. The first-order chi connectivity index (χ1) is 12.1. The Morgan fingerprint density at radius 2 is 2.20 bits per heavy atom. The lowest BCUT2D eigenvalue weighted by Crippen LogP contribution is -2.26. The minimum Gasteiger partial charge on any atom is -0.351 e. The highest BCUT2D eigenvalue weighted by atomic mass is 79.9. The van der Waals surface area contributed by atoms with Crippen molar-refractivity contribution in [1.82, 2.24) is 29.9 Å². The van der Waals surface area contributed by atoms with Crippen molar-refractivity contribution in [3.8, 4) is 0 Å². The van der Waals surface area contributed by atoms with Gasteiger partial charge in [0.25, 0.3) is 5.91 Å². The molecule has 2 N–H and O–H groups in total. The molecule has 9 heteroatoms. The SMILES string of the molecule is O=C(NCCc1nc2ccc(Cl)cc2[nH]1)c1cccn2c(Br)nnc12.